The van der Waals surface area contributed by atoms with E-state index >= 15 is 0 Å². The molecule has 11 heavy (non-hydrogen) atoms. The van der Waals surface area contributed by atoms with Gasteiger partial charge >= 0.3 is 6.18 Å². The first-order chi connectivity index (χ1) is 4.92. The van der Waals surface area contributed by atoms with E-state index in [2.05, 4.69) is 11.9 Å². The summed E-state index contributed by atoms with van der Waals surface area (Å²) in [7, 11) is 0. The third kappa shape index (κ3) is 9.78. The molecule has 0 unspecified atom stereocenters. The summed E-state index contributed by atoms with van der Waals surface area (Å²) >= 11 is 5.29. The molecule has 0 radical (unpaired) electrons. The van der Waals surface area contributed by atoms with E-state index in [1.807, 2.05) is 0 Å². The Morgan fingerprint density at radius 1 is 1.45 bits per heavy atom. The van der Waals surface area contributed by atoms with E-state index in [0.717, 1.165) is 0 Å². The van der Waals surface area contributed by atoms with Crippen LogP contribution < -0.4 is 5.32 Å². The van der Waals surface area contributed by atoms with Gasteiger partial charge in [0.25, 0.3) is 0 Å². The third-order valence-electron chi connectivity index (χ3n) is 0.902. The number of hydrogen-bond donors (Lipinski definition) is 1. The highest BCUT2D eigenvalue weighted by Crippen LogP contribution is 2.18. The molecule has 0 atom stereocenters. The van der Waals surface area contributed by atoms with E-state index in [-0.39, 0.29) is 13.1 Å². The zero-order chi connectivity index (χ0) is 8.91. The highest BCUT2D eigenvalue weighted by Gasteiger charge is 2.25. The van der Waals surface area contributed by atoms with Gasteiger partial charge in [-0.2, -0.15) is 13.2 Å². The lowest BCUT2D eigenvalue weighted by Gasteiger charge is -2.06. The monoisotopic (exact) mass is 187 g/mol. The van der Waals surface area contributed by atoms with Crippen molar-refractivity contribution in [2.45, 2.75) is 12.6 Å². The number of hydrogen-bond acceptors (Lipinski definition) is 1. The Kier molecular flexibility index (Phi) is 4.52. The number of nitrogens with one attached hydrogen (secondary N) is 1. The first kappa shape index (κ1) is 10.8. The second kappa shape index (κ2) is 4.62. The van der Waals surface area contributed by atoms with Crippen LogP contribution in [0.15, 0.2) is 11.6 Å². The van der Waals surface area contributed by atoms with E-state index in [1.165, 1.54) is 0 Å². The van der Waals surface area contributed by atoms with Gasteiger partial charge in [-0.15, -0.1) is 0 Å². The average Bonchev–Trinajstić information content (AvgIpc) is 1.78. The molecule has 0 aromatic heterocycles. The maximum Gasteiger partial charge on any atom is 0.390 e. The molecule has 5 heteroatoms. The number of halogens is 4. The summed E-state index contributed by atoms with van der Waals surface area (Å²) in [5.74, 6) is 0. The molecule has 0 aromatic carbocycles. The van der Waals surface area contributed by atoms with Gasteiger partial charge in [0.05, 0.1) is 6.42 Å². The average molecular weight is 188 g/mol. The molecule has 0 heterocycles. The number of alkyl halides is 3. The summed E-state index contributed by atoms with van der Waals surface area (Å²) in [6.45, 7) is 3.41. The zero-order valence-electron chi connectivity index (χ0n) is 5.84. The van der Waals surface area contributed by atoms with Gasteiger partial charge in [0.2, 0.25) is 0 Å². The van der Waals surface area contributed by atoms with Gasteiger partial charge in [0.15, 0.2) is 0 Å². The van der Waals surface area contributed by atoms with E-state index in [0.29, 0.717) is 5.03 Å². The van der Waals surface area contributed by atoms with Crippen LogP contribution in [0, 0.1) is 0 Å². The van der Waals surface area contributed by atoms with Gasteiger partial charge < -0.3 is 5.32 Å². The van der Waals surface area contributed by atoms with E-state index in [1.54, 1.807) is 0 Å². The molecule has 66 valence electrons. The Balaban J connectivity index is 3.22. The second-order valence-corrected chi connectivity index (χ2v) is 2.59. The minimum Gasteiger partial charge on any atom is -0.311 e. The predicted molar refractivity (Wildman–Crippen MR) is 38.5 cm³/mol. The van der Waals surface area contributed by atoms with Crippen LogP contribution in [0.4, 0.5) is 13.2 Å². The molecular weight excluding hydrogens is 179 g/mol. The van der Waals surface area contributed by atoms with Gasteiger partial charge in [-0.1, -0.05) is 18.2 Å². The van der Waals surface area contributed by atoms with Crippen LogP contribution in [0.1, 0.15) is 6.42 Å². The normalized spacial score (nSPS) is 11.6. The summed E-state index contributed by atoms with van der Waals surface area (Å²) in [4.78, 5) is 0. The molecule has 0 rings (SSSR count). The van der Waals surface area contributed by atoms with Gasteiger partial charge in [0, 0.05) is 18.1 Å². The Labute approximate surface area is 68.2 Å². The van der Waals surface area contributed by atoms with Gasteiger partial charge in [-0.25, -0.2) is 0 Å². The highest BCUT2D eigenvalue weighted by atomic mass is 35.5. The first-order valence-electron chi connectivity index (χ1n) is 3.02. The summed E-state index contributed by atoms with van der Waals surface area (Å²) in [5, 5.41) is 2.80. The van der Waals surface area contributed by atoms with Crippen molar-refractivity contribution in [2.75, 3.05) is 13.1 Å². The second-order valence-electron chi connectivity index (χ2n) is 2.06. The minimum atomic E-state index is -4.10. The molecule has 0 amide bonds. The van der Waals surface area contributed by atoms with Crippen molar-refractivity contribution in [3.63, 3.8) is 0 Å². The lowest BCUT2D eigenvalue weighted by Crippen LogP contribution is -2.22. The Hall–Kier alpha value is -0.220. The molecule has 0 aliphatic rings. The molecular formula is C6H9ClF3N. The van der Waals surface area contributed by atoms with Crippen LogP contribution in [0.3, 0.4) is 0 Å². The lowest BCUT2D eigenvalue weighted by molar-refractivity contribution is -0.133. The highest BCUT2D eigenvalue weighted by molar-refractivity contribution is 6.29. The fourth-order valence-corrected chi connectivity index (χ4v) is 0.549. The van der Waals surface area contributed by atoms with Crippen LogP contribution in [-0.2, 0) is 0 Å². The van der Waals surface area contributed by atoms with E-state index in [4.69, 9.17) is 11.6 Å². The maximum absolute atomic E-state index is 11.5. The molecule has 0 bridgehead atoms. The Bertz CT molecular complexity index is 132. The van der Waals surface area contributed by atoms with Crippen molar-refractivity contribution in [1.82, 2.24) is 5.32 Å². The van der Waals surface area contributed by atoms with Crippen molar-refractivity contribution in [2.24, 2.45) is 0 Å². The van der Waals surface area contributed by atoms with Gasteiger partial charge in [-0.3, -0.25) is 0 Å². The molecule has 1 N–H and O–H groups in total. The van der Waals surface area contributed by atoms with Gasteiger partial charge in [-0.05, 0) is 0 Å². The summed E-state index contributed by atoms with van der Waals surface area (Å²) in [6.07, 6.45) is -4.93. The lowest BCUT2D eigenvalue weighted by atomic mass is 10.4. The standard InChI is InChI=1S/C6H9ClF3N/c1-5(7)4-11-3-2-6(8,9)10/h11H,1-4H2. The quantitative estimate of drug-likeness (QED) is 0.666. The predicted octanol–water partition coefficient (Wildman–Crippen LogP) is 2.28. The van der Waals surface area contributed by atoms with E-state index in [9.17, 15) is 13.2 Å². The molecule has 0 aromatic rings. The van der Waals surface area contributed by atoms with Crippen LogP contribution in [0.5, 0.6) is 0 Å². The SMILES string of the molecule is C=C(Cl)CNCCC(F)(F)F. The van der Waals surface area contributed by atoms with Crippen molar-refractivity contribution in [3.05, 3.63) is 11.6 Å². The fraction of sp³-hybridized carbons (Fsp3) is 0.667. The third-order valence-corrected chi connectivity index (χ3v) is 1.04. The molecule has 0 aliphatic heterocycles. The topological polar surface area (TPSA) is 12.0 Å². The van der Waals surface area contributed by atoms with Crippen LogP contribution in [0.2, 0.25) is 0 Å². The number of rotatable bonds is 4. The molecule has 0 saturated carbocycles. The Morgan fingerprint density at radius 3 is 2.36 bits per heavy atom. The van der Waals surface area contributed by atoms with Crippen molar-refractivity contribution in [1.29, 1.82) is 0 Å². The van der Waals surface area contributed by atoms with Crippen LogP contribution >= 0.6 is 11.6 Å². The smallest absolute Gasteiger partial charge is 0.311 e. The molecule has 0 aliphatic carbocycles. The van der Waals surface area contributed by atoms with E-state index < -0.39 is 12.6 Å². The van der Waals surface area contributed by atoms with Crippen molar-refractivity contribution < 1.29 is 13.2 Å². The first-order valence-corrected chi connectivity index (χ1v) is 3.40. The van der Waals surface area contributed by atoms with Crippen LogP contribution in [0.25, 0.3) is 0 Å². The summed E-state index contributed by atoms with van der Waals surface area (Å²) < 4.78 is 34.5. The van der Waals surface area contributed by atoms with Crippen LogP contribution in [-0.4, -0.2) is 19.3 Å². The summed E-state index contributed by atoms with van der Waals surface area (Å²) in [6, 6.07) is 0. The van der Waals surface area contributed by atoms with Crippen molar-refractivity contribution >= 4 is 11.6 Å². The Morgan fingerprint density at radius 2 is 2.00 bits per heavy atom. The van der Waals surface area contributed by atoms with Gasteiger partial charge in [0.1, 0.15) is 0 Å². The maximum atomic E-state index is 11.5. The minimum absolute atomic E-state index is 0.116. The zero-order valence-corrected chi connectivity index (χ0v) is 6.60. The molecule has 0 spiro atoms. The molecule has 0 saturated heterocycles. The van der Waals surface area contributed by atoms with Crippen molar-refractivity contribution in [3.8, 4) is 0 Å². The largest absolute Gasteiger partial charge is 0.390 e. The molecule has 0 fully saturated rings. The summed E-state index contributed by atoms with van der Waals surface area (Å²) in [5.41, 5.74) is 0. The fourth-order valence-electron chi connectivity index (χ4n) is 0.454. The molecule has 1 nitrogen and oxygen atoms in total.